The van der Waals surface area contributed by atoms with E-state index in [1.807, 2.05) is 0 Å². The first-order valence-electron chi connectivity index (χ1n) is 8.23. The molecule has 0 aromatic carbocycles. The van der Waals surface area contributed by atoms with Gasteiger partial charge in [-0.3, -0.25) is 0 Å². The Morgan fingerprint density at radius 1 is 1.05 bits per heavy atom. The number of nitrogens with zero attached hydrogens (tertiary/aromatic N) is 2. The van der Waals surface area contributed by atoms with Gasteiger partial charge in [0.15, 0.2) is 0 Å². The number of hydrogen-bond donors (Lipinski definition) is 1. The molecule has 0 unspecified atom stereocenters. The molecule has 1 rings (SSSR count). The Kier molecular flexibility index (Phi) is 6.79. The van der Waals surface area contributed by atoms with Gasteiger partial charge in [0.1, 0.15) is 5.82 Å². The second-order valence-corrected chi connectivity index (χ2v) is 7.73. The van der Waals surface area contributed by atoms with Crippen molar-refractivity contribution in [2.75, 3.05) is 13.1 Å². The highest BCUT2D eigenvalue weighted by atomic mass is 14.9. The van der Waals surface area contributed by atoms with Crippen LogP contribution in [-0.2, 0) is 12.8 Å². The third-order valence-electron chi connectivity index (χ3n) is 3.49. The summed E-state index contributed by atoms with van der Waals surface area (Å²) in [4.78, 5) is 9.43. The van der Waals surface area contributed by atoms with E-state index in [0.717, 1.165) is 49.6 Å². The minimum Gasteiger partial charge on any atom is -0.316 e. The predicted octanol–water partition coefficient (Wildman–Crippen LogP) is 3.86. The molecule has 0 fully saturated rings. The highest BCUT2D eigenvalue weighted by Crippen LogP contribution is 2.20. The van der Waals surface area contributed by atoms with E-state index in [2.05, 4.69) is 53.8 Å². The summed E-state index contributed by atoms with van der Waals surface area (Å²) in [5, 5.41) is 3.50. The van der Waals surface area contributed by atoms with E-state index in [1.54, 1.807) is 0 Å². The number of nitrogens with one attached hydrogen (secondary N) is 1. The fraction of sp³-hybridized carbons (Fsp3) is 0.778. The molecule has 0 aliphatic heterocycles. The topological polar surface area (TPSA) is 37.8 Å². The average molecular weight is 291 g/mol. The lowest BCUT2D eigenvalue weighted by molar-refractivity contribution is 0.399. The molecule has 0 saturated carbocycles. The summed E-state index contributed by atoms with van der Waals surface area (Å²) >= 11 is 0. The molecule has 0 aliphatic rings. The molecular formula is C18H33N3. The van der Waals surface area contributed by atoms with E-state index in [1.165, 1.54) is 5.56 Å². The van der Waals surface area contributed by atoms with Crippen molar-refractivity contribution in [3.8, 4) is 0 Å². The van der Waals surface area contributed by atoms with Crippen molar-refractivity contribution in [2.45, 2.75) is 67.7 Å². The third-order valence-corrected chi connectivity index (χ3v) is 3.49. The maximum atomic E-state index is 4.71. The Balaban J connectivity index is 2.59. The van der Waals surface area contributed by atoms with Crippen molar-refractivity contribution in [3.63, 3.8) is 0 Å². The molecule has 120 valence electrons. The summed E-state index contributed by atoms with van der Waals surface area (Å²) in [6.07, 6.45) is 3.15. The normalized spacial score (nSPS) is 12.2. The van der Waals surface area contributed by atoms with Gasteiger partial charge >= 0.3 is 0 Å². The molecule has 0 aliphatic carbocycles. The van der Waals surface area contributed by atoms with Gasteiger partial charge in [-0.1, -0.05) is 34.6 Å². The molecule has 0 radical (unpaired) electrons. The Morgan fingerprint density at radius 2 is 1.62 bits per heavy atom. The van der Waals surface area contributed by atoms with Crippen LogP contribution in [0.4, 0.5) is 0 Å². The van der Waals surface area contributed by atoms with Crippen molar-refractivity contribution in [1.82, 2.24) is 15.3 Å². The highest BCUT2D eigenvalue weighted by Gasteiger charge is 2.15. The second-order valence-electron chi connectivity index (χ2n) is 7.73. The molecule has 21 heavy (non-hydrogen) atoms. The Morgan fingerprint density at radius 3 is 2.10 bits per heavy atom. The van der Waals surface area contributed by atoms with Gasteiger partial charge in [-0.25, -0.2) is 9.97 Å². The largest absolute Gasteiger partial charge is 0.316 e. The zero-order chi connectivity index (χ0) is 16.0. The quantitative estimate of drug-likeness (QED) is 0.775. The number of hydrogen-bond acceptors (Lipinski definition) is 3. The smallest absolute Gasteiger partial charge is 0.129 e. The minimum absolute atomic E-state index is 0.237. The van der Waals surface area contributed by atoms with Crippen LogP contribution >= 0.6 is 0 Å². The van der Waals surface area contributed by atoms with Gasteiger partial charge in [0.2, 0.25) is 0 Å². The van der Waals surface area contributed by atoms with Crippen LogP contribution < -0.4 is 5.32 Å². The molecule has 0 amide bonds. The summed E-state index contributed by atoms with van der Waals surface area (Å²) in [5.74, 6) is 1.70. The van der Waals surface area contributed by atoms with E-state index in [9.17, 15) is 0 Å². The Hall–Kier alpha value is -0.960. The summed E-state index contributed by atoms with van der Waals surface area (Å²) in [6.45, 7) is 17.6. The maximum Gasteiger partial charge on any atom is 0.129 e. The molecule has 0 saturated heterocycles. The van der Waals surface area contributed by atoms with Crippen LogP contribution in [0.3, 0.4) is 0 Å². The lowest BCUT2D eigenvalue weighted by Crippen LogP contribution is -2.21. The number of aromatic nitrogens is 2. The first-order chi connectivity index (χ1) is 9.69. The van der Waals surface area contributed by atoms with E-state index < -0.39 is 0 Å². The molecule has 0 bridgehead atoms. The first kappa shape index (κ1) is 18.1. The minimum atomic E-state index is 0.237. The summed E-state index contributed by atoms with van der Waals surface area (Å²) in [5.41, 5.74) is 3.89. The van der Waals surface area contributed by atoms with Gasteiger partial charge in [0.25, 0.3) is 0 Å². The standard InChI is InChI=1S/C18H33N3/c1-13(2)12-19-10-8-9-16-14(3)20-17(21-15(16)4)11-18(5,6)7/h13,19H,8-12H2,1-7H3. The lowest BCUT2D eigenvalue weighted by atomic mass is 9.91. The van der Waals surface area contributed by atoms with Crippen molar-refractivity contribution in [1.29, 1.82) is 0 Å². The van der Waals surface area contributed by atoms with Crippen LogP contribution in [0.25, 0.3) is 0 Å². The van der Waals surface area contributed by atoms with E-state index in [4.69, 9.17) is 9.97 Å². The van der Waals surface area contributed by atoms with Crippen LogP contribution in [0.15, 0.2) is 0 Å². The van der Waals surface area contributed by atoms with Gasteiger partial charge in [-0.15, -0.1) is 0 Å². The number of rotatable bonds is 7. The monoisotopic (exact) mass is 291 g/mol. The van der Waals surface area contributed by atoms with Gasteiger partial charge in [-0.05, 0) is 56.7 Å². The molecule has 3 heteroatoms. The van der Waals surface area contributed by atoms with Crippen LogP contribution in [-0.4, -0.2) is 23.1 Å². The first-order valence-corrected chi connectivity index (χ1v) is 8.23. The maximum absolute atomic E-state index is 4.71. The third kappa shape index (κ3) is 7.03. The fourth-order valence-electron chi connectivity index (χ4n) is 2.51. The highest BCUT2D eigenvalue weighted by molar-refractivity contribution is 5.24. The molecule has 0 spiro atoms. The molecule has 1 N–H and O–H groups in total. The van der Waals surface area contributed by atoms with Gasteiger partial charge < -0.3 is 5.32 Å². The zero-order valence-electron chi connectivity index (χ0n) is 15.0. The molecule has 0 atom stereocenters. The van der Waals surface area contributed by atoms with Crippen LogP contribution in [0.1, 0.15) is 63.8 Å². The summed E-state index contributed by atoms with van der Waals surface area (Å²) in [7, 11) is 0. The van der Waals surface area contributed by atoms with Crippen LogP contribution in [0, 0.1) is 25.2 Å². The number of aryl methyl sites for hydroxylation is 2. The molecule has 1 aromatic heterocycles. The Labute approximate surface area is 131 Å². The van der Waals surface area contributed by atoms with Crippen molar-refractivity contribution in [2.24, 2.45) is 11.3 Å². The van der Waals surface area contributed by atoms with Crippen molar-refractivity contribution < 1.29 is 0 Å². The SMILES string of the molecule is Cc1nc(CC(C)(C)C)nc(C)c1CCCNCC(C)C. The second kappa shape index (κ2) is 7.88. The molecular weight excluding hydrogens is 258 g/mol. The van der Waals surface area contributed by atoms with Crippen molar-refractivity contribution in [3.05, 3.63) is 22.8 Å². The van der Waals surface area contributed by atoms with Crippen molar-refractivity contribution >= 4 is 0 Å². The molecule has 3 nitrogen and oxygen atoms in total. The molecule has 1 heterocycles. The van der Waals surface area contributed by atoms with Gasteiger partial charge in [0.05, 0.1) is 0 Å². The van der Waals surface area contributed by atoms with Crippen LogP contribution in [0.2, 0.25) is 0 Å². The van der Waals surface area contributed by atoms with Gasteiger partial charge in [0, 0.05) is 17.8 Å². The molecule has 1 aromatic rings. The van der Waals surface area contributed by atoms with E-state index >= 15 is 0 Å². The lowest BCUT2D eigenvalue weighted by Gasteiger charge is -2.18. The van der Waals surface area contributed by atoms with E-state index in [-0.39, 0.29) is 5.41 Å². The summed E-state index contributed by atoms with van der Waals surface area (Å²) < 4.78 is 0. The summed E-state index contributed by atoms with van der Waals surface area (Å²) in [6, 6.07) is 0. The fourth-order valence-corrected chi connectivity index (χ4v) is 2.51. The van der Waals surface area contributed by atoms with Crippen LogP contribution in [0.5, 0.6) is 0 Å². The van der Waals surface area contributed by atoms with E-state index in [0.29, 0.717) is 5.92 Å². The zero-order valence-corrected chi connectivity index (χ0v) is 15.0. The average Bonchev–Trinajstić information content (AvgIpc) is 2.29. The predicted molar refractivity (Wildman–Crippen MR) is 90.7 cm³/mol. The van der Waals surface area contributed by atoms with Gasteiger partial charge in [-0.2, -0.15) is 0 Å². The Bertz CT molecular complexity index is 421.